The fourth-order valence-electron chi connectivity index (χ4n) is 2.02. The molecular weight excluding hydrogens is 294 g/mol. The van der Waals surface area contributed by atoms with E-state index in [0.29, 0.717) is 23.4 Å². The number of methoxy groups -OCH3 is 1. The highest BCUT2D eigenvalue weighted by molar-refractivity contribution is 6.05. The Bertz CT molecular complexity index is 680. The average Bonchev–Trinajstić information content (AvgIpc) is 2.56. The zero-order chi connectivity index (χ0) is 16.7. The fraction of sp³-hybridized carbons (Fsp3) is 0.222. The number of hydrogen-bond acceptors (Lipinski definition) is 4. The molecule has 23 heavy (non-hydrogen) atoms. The van der Waals surface area contributed by atoms with Crippen molar-refractivity contribution >= 4 is 17.6 Å². The molecule has 0 saturated heterocycles. The Labute approximate surface area is 135 Å². The molecule has 5 nitrogen and oxygen atoms in total. The van der Waals surface area contributed by atoms with Crippen LogP contribution in [-0.2, 0) is 9.47 Å². The van der Waals surface area contributed by atoms with Crippen molar-refractivity contribution in [1.82, 2.24) is 0 Å². The van der Waals surface area contributed by atoms with E-state index in [4.69, 9.17) is 9.47 Å². The summed E-state index contributed by atoms with van der Waals surface area (Å²) in [5.74, 6) is -0.600. The van der Waals surface area contributed by atoms with Crippen LogP contribution in [0.5, 0.6) is 0 Å². The van der Waals surface area contributed by atoms with Gasteiger partial charge in [0.1, 0.15) is 6.61 Å². The number of benzene rings is 2. The van der Waals surface area contributed by atoms with Crippen LogP contribution < -0.4 is 5.32 Å². The lowest BCUT2D eigenvalue weighted by Crippen LogP contribution is -2.13. The molecule has 2 aromatic carbocycles. The van der Waals surface area contributed by atoms with Gasteiger partial charge in [-0.1, -0.05) is 18.2 Å². The molecule has 0 atom stereocenters. The number of amides is 1. The van der Waals surface area contributed by atoms with Crippen LogP contribution in [0, 0.1) is 6.92 Å². The third kappa shape index (κ3) is 4.66. The van der Waals surface area contributed by atoms with Crippen LogP contribution in [0.1, 0.15) is 26.3 Å². The number of aryl methyl sites for hydroxylation is 1. The standard InChI is InChI=1S/C18H19NO4/c1-13-5-3-4-6-16(13)17(20)19-15-9-7-14(8-10-15)18(21)23-12-11-22-2/h3-10H,11-12H2,1-2H3,(H,19,20). The minimum absolute atomic E-state index is 0.182. The van der Waals surface area contributed by atoms with Crippen LogP contribution in [0.2, 0.25) is 0 Å². The van der Waals surface area contributed by atoms with Gasteiger partial charge in [-0.05, 0) is 42.8 Å². The van der Waals surface area contributed by atoms with Crippen LogP contribution in [0.4, 0.5) is 5.69 Å². The normalized spacial score (nSPS) is 10.2. The Morgan fingerprint density at radius 2 is 1.70 bits per heavy atom. The largest absolute Gasteiger partial charge is 0.460 e. The lowest BCUT2D eigenvalue weighted by atomic mass is 10.1. The van der Waals surface area contributed by atoms with Crippen molar-refractivity contribution in [2.45, 2.75) is 6.92 Å². The molecule has 0 fully saturated rings. The second-order valence-corrected chi connectivity index (χ2v) is 4.98. The lowest BCUT2D eigenvalue weighted by Gasteiger charge is -2.08. The van der Waals surface area contributed by atoms with Crippen molar-refractivity contribution in [2.24, 2.45) is 0 Å². The van der Waals surface area contributed by atoms with Crippen LogP contribution in [0.3, 0.4) is 0 Å². The van der Waals surface area contributed by atoms with Gasteiger partial charge in [-0.3, -0.25) is 4.79 Å². The van der Waals surface area contributed by atoms with E-state index in [2.05, 4.69) is 5.32 Å². The zero-order valence-corrected chi connectivity index (χ0v) is 13.2. The van der Waals surface area contributed by atoms with Gasteiger partial charge in [0, 0.05) is 18.4 Å². The third-order valence-electron chi connectivity index (χ3n) is 3.29. The van der Waals surface area contributed by atoms with E-state index < -0.39 is 5.97 Å². The summed E-state index contributed by atoms with van der Waals surface area (Å²) < 4.78 is 9.84. The molecule has 0 aliphatic carbocycles. The van der Waals surface area contributed by atoms with Gasteiger partial charge >= 0.3 is 5.97 Å². The van der Waals surface area contributed by atoms with Crippen molar-refractivity contribution < 1.29 is 19.1 Å². The second kappa shape index (κ2) is 8.10. The molecule has 5 heteroatoms. The predicted octanol–water partition coefficient (Wildman–Crippen LogP) is 3.05. The van der Waals surface area contributed by atoms with Crippen molar-refractivity contribution in [1.29, 1.82) is 0 Å². The highest BCUT2D eigenvalue weighted by Gasteiger charge is 2.10. The van der Waals surface area contributed by atoms with E-state index >= 15 is 0 Å². The molecule has 0 spiro atoms. The van der Waals surface area contributed by atoms with Gasteiger partial charge in [0.15, 0.2) is 0 Å². The Kier molecular flexibility index (Phi) is 5.88. The number of ether oxygens (including phenoxy) is 2. The number of rotatable bonds is 6. The summed E-state index contributed by atoms with van der Waals surface area (Å²) >= 11 is 0. The molecule has 0 aliphatic heterocycles. The number of nitrogens with one attached hydrogen (secondary N) is 1. The molecule has 2 rings (SSSR count). The molecular formula is C18H19NO4. The molecule has 1 N–H and O–H groups in total. The summed E-state index contributed by atoms with van der Waals surface area (Å²) in [5.41, 5.74) is 2.57. The van der Waals surface area contributed by atoms with Gasteiger partial charge in [-0.2, -0.15) is 0 Å². The van der Waals surface area contributed by atoms with E-state index in [1.54, 1.807) is 37.4 Å². The van der Waals surface area contributed by atoms with E-state index in [-0.39, 0.29) is 12.5 Å². The van der Waals surface area contributed by atoms with Crippen LogP contribution in [0.15, 0.2) is 48.5 Å². The van der Waals surface area contributed by atoms with E-state index in [1.807, 2.05) is 25.1 Å². The zero-order valence-electron chi connectivity index (χ0n) is 13.2. The maximum Gasteiger partial charge on any atom is 0.338 e. The number of esters is 1. The summed E-state index contributed by atoms with van der Waals surface area (Å²) in [6.07, 6.45) is 0. The van der Waals surface area contributed by atoms with Gasteiger partial charge in [0.25, 0.3) is 5.91 Å². The summed E-state index contributed by atoms with van der Waals surface area (Å²) in [4.78, 5) is 24.0. The summed E-state index contributed by atoms with van der Waals surface area (Å²) in [6.45, 7) is 2.45. The summed E-state index contributed by atoms with van der Waals surface area (Å²) in [7, 11) is 1.54. The summed E-state index contributed by atoms with van der Waals surface area (Å²) in [6, 6.07) is 13.9. The lowest BCUT2D eigenvalue weighted by molar-refractivity contribution is 0.0388. The molecule has 0 aromatic heterocycles. The van der Waals surface area contributed by atoms with Gasteiger partial charge in [-0.25, -0.2) is 4.79 Å². The van der Waals surface area contributed by atoms with Gasteiger partial charge in [-0.15, -0.1) is 0 Å². The molecule has 0 saturated carbocycles. The number of anilines is 1. The molecule has 0 bridgehead atoms. The van der Waals surface area contributed by atoms with E-state index in [0.717, 1.165) is 5.56 Å². The first-order valence-electron chi connectivity index (χ1n) is 7.25. The number of carbonyl (C=O) groups is 2. The van der Waals surface area contributed by atoms with Crippen molar-refractivity contribution in [3.8, 4) is 0 Å². The monoisotopic (exact) mass is 313 g/mol. The van der Waals surface area contributed by atoms with Gasteiger partial charge < -0.3 is 14.8 Å². The minimum Gasteiger partial charge on any atom is -0.460 e. The third-order valence-corrected chi connectivity index (χ3v) is 3.29. The molecule has 1 amide bonds. The van der Waals surface area contributed by atoms with Crippen LogP contribution in [0.25, 0.3) is 0 Å². The number of carbonyl (C=O) groups excluding carboxylic acids is 2. The fourth-order valence-corrected chi connectivity index (χ4v) is 2.02. The Hall–Kier alpha value is -2.66. The molecule has 0 heterocycles. The Morgan fingerprint density at radius 1 is 1.00 bits per heavy atom. The second-order valence-electron chi connectivity index (χ2n) is 4.98. The van der Waals surface area contributed by atoms with E-state index in [9.17, 15) is 9.59 Å². The molecule has 0 aliphatic rings. The van der Waals surface area contributed by atoms with Gasteiger partial charge in [0.2, 0.25) is 0 Å². The first-order chi connectivity index (χ1) is 11.1. The molecule has 0 unspecified atom stereocenters. The quantitative estimate of drug-likeness (QED) is 0.657. The molecule has 120 valence electrons. The molecule has 0 radical (unpaired) electrons. The maximum atomic E-state index is 12.2. The Balaban J connectivity index is 1.99. The van der Waals surface area contributed by atoms with Crippen molar-refractivity contribution in [3.05, 3.63) is 65.2 Å². The SMILES string of the molecule is COCCOC(=O)c1ccc(NC(=O)c2ccccc2C)cc1. The van der Waals surface area contributed by atoms with Crippen molar-refractivity contribution in [3.63, 3.8) is 0 Å². The van der Waals surface area contributed by atoms with Crippen LogP contribution >= 0.6 is 0 Å². The highest BCUT2D eigenvalue weighted by atomic mass is 16.6. The van der Waals surface area contributed by atoms with Crippen molar-refractivity contribution in [2.75, 3.05) is 25.6 Å². The van der Waals surface area contributed by atoms with Crippen LogP contribution in [-0.4, -0.2) is 32.2 Å². The highest BCUT2D eigenvalue weighted by Crippen LogP contribution is 2.14. The average molecular weight is 313 g/mol. The Morgan fingerprint density at radius 3 is 2.35 bits per heavy atom. The smallest absolute Gasteiger partial charge is 0.338 e. The van der Waals surface area contributed by atoms with Gasteiger partial charge in [0.05, 0.1) is 12.2 Å². The first-order valence-corrected chi connectivity index (χ1v) is 7.25. The first kappa shape index (κ1) is 16.7. The minimum atomic E-state index is -0.418. The summed E-state index contributed by atoms with van der Waals surface area (Å²) in [5, 5.41) is 2.81. The molecule has 2 aromatic rings. The topological polar surface area (TPSA) is 64.6 Å². The van der Waals surface area contributed by atoms with E-state index in [1.165, 1.54) is 0 Å². The maximum absolute atomic E-state index is 12.2. The predicted molar refractivity (Wildman–Crippen MR) is 87.7 cm³/mol. The number of hydrogen-bond donors (Lipinski definition) is 1.